The number of carbonyl (C=O) groups is 2. The van der Waals surface area contributed by atoms with Crippen molar-refractivity contribution in [2.24, 2.45) is 0 Å². The summed E-state index contributed by atoms with van der Waals surface area (Å²) < 4.78 is 5.17. The van der Waals surface area contributed by atoms with Crippen molar-refractivity contribution in [3.63, 3.8) is 0 Å². The minimum atomic E-state index is -1.02. The first-order valence-electron chi connectivity index (χ1n) is 5.21. The Labute approximate surface area is 89.8 Å². The van der Waals surface area contributed by atoms with E-state index in [1.165, 1.54) is 0 Å². The molecule has 5 heteroatoms. The molecule has 0 bridgehead atoms. The average molecular weight is 217 g/mol. The number of hydrogen-bond acceptors (Lipinski definition) is 3. The van der Waals surface area contributed by atoms with Crippen LogP contribution in [0.5, 0.6) is 0 Å². The molecule has 0 aliphatic heterocycles. The van der Waals surface area contributed by atoms with Gasteiger partial charge >= 0.3 is 5.97 Å². The quantitative estimate of drug-likeness (QED) is 0.660. The molecule has 0 heterocycles. The van der Waals surface area contributed by atoms with Crippen LogP contribution in [0.1, 0.15) is 33.6 Å². The van der Waals surface area contributed by atoms with Crippen LogP contribution in [0, 0.1) is 0 Å². The Hall–Kier alpha value is -1.10. The number of amides is 1. The molecule has 2 unspecified atom stereocenters. The van der Waals surface area contributed by atoms with Gasteiger partial charge in [0.1, 0.15) is 12.1 Å². The van der Waals surface area contributed by atoms with E-state index in [-0.39, 0.29) is 5.91 Å². The van der Waals surface area contributed by atoms with Crippen LogP contribution in [-0.2, 0) is 14.3 Å². The lowest BCUT2D eigenvalue weighted by Gasteiger charge is -2.18. The Morgan fingerprint density at radius 3 is 2.20 bits per heavy atom. The first-order chi connectivity index (χ1) is 7.06. The van der Waals surface area contributed by atoms with Gasteiger partial charge < -0.3 is 15.2 Å². The summed E-state index contributed by atoms with van der Waals surface area (Å²) in [4.78, 5) is 22.2. The van der Waals surface area contributed by atoms with Crippen LogP contribution in [0.25, 0.3) is 0 Å². The van der Waals surface area contributed by atoms with Gasteiger partial charge in [0, 0.05) is 6.61 Å². The summed E-state index contributed by atoms with van der Waals surface area (Å²) >= 11 is 0. The average Bonchev–Trinajstić information content (AvgIpc) is 2.21. The molecular formula is C10H19NO4. The molecule has 1 amide bonds. The van der Waals surface area contributed by atoms with E-state index in [9.17, 15) is 9.59 Å². The summed E-state index contributed by atoms with van der Waals surface area (Å²) in [7, 11) is 0. The second-order valence-electron chi connectivity index (χ2n) is 3.16. The van der Waals surface area contributed by atoms with Gasteiger partial charge in [0.2, 0.25) is 5.91 Å². The number of nitrogens with one attached hydrogen (secondary N) is 1. The normalized spacial score (nSPS) is 14.3. The number of carbonyl (C=O) groups excluding carboxylic acids is 1. The summed E-state index contributed by atoms with van der Waals surface area (Å²) in [5.41, 5.74) is 0. The molecule has 0 aromatic rings. The van der Waals surface area contributed by atoms with Gasteiger partial charge in [-0.25, -0.2) is 4.79 Å². The van der Waals surface area contributed by atoms with Crippen molar-refractivity contribution < 1.29 is 19.4 Å². The van der Waals surface area contributed by atoms with Crippen molar-refractivity contribution in [3.8, 4) is 0 Å². The Balaban J connectivity index is 4.24. The summed E-state index contributed by atoms with van der Waals surface area (Å²) in [6.45, 7) is 5.77. The van der Waals surface area contributed by atoms with Crippen LogP contribution in [0.15, 0.2) is 0 Å². The highest BCUT2D eigenvalue weighted by Gasteiger charge is 2.22. The third kappa shape index (κ3) is 4.78. The molecule has 2 N–H and O–H groups in total. The monoisotopic (exact) mass is 217 g/mol. The fourth-order valence-electron chi connectivity index (χ4n) is 1.18. The molecule has 0 fully saturated rings. The number of carboxylic acids is 1. The lowest BCUT2D eigenvalue weighted by atomic mass is 10.2. The molecule has 5 nitrogen and oxygen atoms in total. The van der Waals surface area contributed by atoms with Crippen molar-refractivity contribution in [3.05, 3.63) is 0 Å². The Morgan fingerprint density at radius 1 is 1.27 bits per heavy atom. The van der Waals surface area contributed by atoms with Crippen molar-refractivity contribution in [2.75, 3.05) is 6.61 Å². The largest absolute Gasteiger partial charge is 0.480 e. The van der Waals surface area contributed by atoms with E-state index in [4.69, 9.17) is 9.84 Å². The standard InChI is InChI=1S/C10H19NO4/c1-4-7(10(13)14)11-9(12)8(5-2)15-6-3/h7-8H,4-6H2,1-3H3,(H,11,12)(H,13,14). The highest BCUT2D eigenvalue weighted by Crippen LogP contribution is 2.00. The summed E-state index contributed by atoms with van der Waals surface area (Å²) in [6, 6.07) is -0.827. The minimum absolute atomic E-state index is 0.353. The smallest absolute Gasteiger partial charge is 0.326 e. The number of rotatable bonds is 7. The van der Waals surface area contributed by atoms with E-state index in [1.807, 2.05) is 6.92 Å². The van der Waals surface area contributed by atoms with Crippen LogP contribution in [0.4, 0.5) is 0 Å². The van der Waals surface area contributed by atoms with Crippen LogP contribution in [-0.4, -0.2) is 35.7 Å². The van der Waals surface area contributed by atoms with Crippen LogP contribution < -0.4 is 5.32 Å². The molecule has 0 aliphatic rings. The highest BCUT2D eigenvalue weighted by atomic mass is 16.5. The molecule has 0 saturated heterocycles. The predicted molar refractivity (Wildman–Crippen MR) is 55.6 cm³/mol. The van der Waals surface area contributed by atoms with E-state index >= 15 is 0 Å². The van der Waals surface area contributed by atoms with E-state index in [1.54, 1.807) is 13.8 Å². The van der Waals surface area contributed by atoms with Crippen molar-refractivity contribution >= 4 is 11.9 Å². The molecule has 0 rings (SSSR count). The maximum absolute atomic E-state index is 11.5. The fraction of sp³-hybridized carbons (Fsp3) is 0.800. The zero-order chi connectivity index (χ0) is 11.8. The van der Waals surface area contributed by atoms with Gasteiger partial charge in [0.15, 0.2) is 0 Å². The van der Waals surface area contributed by atoms with Crippen LogP contribution >= 0.6 is 0 Å². The van der Waals surface area contributed by atoms with Gasteiger partial charge in [0.25, 0.3) is 0 Å². The van der Waals surface area contributed by atoms with Crippen LogP contribution in [0.2, 0.25) is 0 Å². The van der Waals surface area contributed by atoms with Gasteiger partial charge in [-0.05, 0) is 19.8 Å². The summed E-state index contributed by atoms with van der Waals surface area (Å²) in [5.74, 6) is -1.37. The maximum Gasteiger partial charge on any atom is 0.326 e. The first kappa shape index (κ1) is 13.9. The number of hydrogen-bond donors (Lipinski definition) is 2. The Bertz CT molecular complexity index is 217. The number of ether oxygens (including phenoxy) is 1. The van der Waals surface area contributed by atoms with Gasteiger partial charge in [-0.1, -0.05) is 13.8 Å². The topological polar surface area (TPSA) is 75.6 Å². The third-order valence-electron chi connectivity index (χ3n) is 2.05. The Kier molecular flexibility index (Phi) is 6.70. The fourth-order valence-corrected chi connectivity index (χ4v) is 1.18. The molecule has 0 saturated carbocycles. The third-order valence-corrected chi connectivity index (χ3v) is 2.05. The van der Waals surface area contributed by atoms with Crippen LogP contribution in [0.3, 0.4) is 0 Å². The molecule has 0 aliphatic carbocycles. The van der Waals surface area contributed by atoms with Crippen molar-refractivity contribution in [2.45, 2.75) is 45.8 Å². The molecule has 0 aromatic carbocycles. The molecular weight excluding hydrogens is 198 g/mol. The zero-order valence-electron chi connectivity index (χ0n) is 9.45. The van der Waals surface area contributed by atoms with Gasteiger partial charge in [-0.2, -0.15) is 0 Å². The number of aliphatic carboxylic acids is 1. The minimum Gasteiger partial charge on any atom is -0.480 e. The molecule has 2 atom stereocenters. The highest BCUT2D eigenvalue weighted by molar-refractivity contribution is 5.86. The lowest BCUT2D eigenvalue weighted by molar-refractivity contribution is -0.144. The van der Waals surface area contributed by atoms with Gasteiger partial charge in [0.05, 0.1) is 0 Å². The van der Waals surface area contributed by atoms with E-state index in [0.29, 0.717) is 19.4 Å². The van der Waals surface area contributed by atoms with Crippen molar-refractivity contribution in [1.29, 1.82) is 0 Å². The molecule has 0 spiro atoms. The maximum atomic E-state index is 11.5. The van der Waals surface area contributed by atoms with Gasteiger partial charge in [-0.15, -0.1) is 0 Å². The van der Waals surface area contributed by atoms with E-state index in [2.05, 4.69) is 5.32 Å². The lowest BCUT2D eigenvalue weighted by Crippen LogP contribution is -2.45. The van der Waals surface area contributed by atoms with Gasteiger partial charge in [-0.3, -0.25) is 4.79 Å². The second-order valence-corrected chi connectivity index (χ2v) is 3.16. The predicted octanol–water partition coefficient (Wildman–Crippen LogP) is 0.781. The van der Waals surface area contributed by atoms with Crippen molar-refractivity contribution in [1.82, 2.24) is 5.32 Å². The molecule has 0 aromatic heterocycles. The van der Waals surface area contributed by atoms with E-state index in [0.717, 1.165) is 0 Å². The molecule has 0 radical (unpaired) electrons. The van der Waals surface area contributed by atoms with E-state index < -0.39 is 18.1 Å². The second kappa shape index (κ2) is 7.23. The number of carboxylic acid groups (broad SMARTS) is 1. The molecule has 88 valence electrons. The Morgan fingerprint density at radius 2 is 1.87 bits per heavy atom. The zero-order valence-corrected chi connectivity index (χ0v) is 9.45. The molecule has 15 heavy (non-hydrogen) atoms. The SMILES string of the molecule is CCOC(CC)C(=O)NC(CC)C(=O)O. The summed E-state index contributed by atoms with van der Waals surface area (Å²) in [6.07, 6.45) is 0.350. The summed E-state index contributed by atoms with van der Waals surface area (Å²) in [5, 5.41) is 11.2. The first-order valence-corrected chi connectivity index (χ1v) is 5.21.